The van der Waals surface area contributed by atoms with Gasteiger partial charge in [0.2, 0.25) is 5.91 Å². The van der Waals surface area contributed by atoms with Crippen LogP contribution in [0.1, 0.15) is 12.5 Å². The van der Waals surface area contributed by atoms with Crippen LogP contribution in [0.15, 0.2) is 46.9 Å². The van der Waals surface area contributed by atoms with Gasteiger partial charge in [-0.3, -0.25) is 14.5 Å². The van der Waals surface area contributed by atoms with Crippen molar-refractivity contribution in [1.29, 1.82) is 0 Å². The van der Waals surface area contributed by atoms with Crippen LogP contribution in [0.25, 0.3) is 0 Å². The number of benzene rings is 2. The van der Waals surface area contributed by atoms with Gasteiger partial charge in [0, 0.05) is 21.8 Å². The van der Waals surface area contributed by atoms with Crippen molar-refractivity contribution in [2.75, 3.05) is 11.9 Å². The third-order valence-electron chi connectivity index (χ3n) is 4.19. The van der Waals surface area contributed by atoms with E-state index in [1.165, 1.54) is 6.07 Å². The molecule has 1 aliphatic heterocycles. The molecular weight excluding hydrogens is 424 g/mol. The minimum atomic E-state index is -1.33. The fourth-order valence-electron chi connectivity index (χ4n) is 2.81. The van der Waals surface area contributed by atoms with Crippen molar-refractivity contribution in [3.8, 4) is 0 Å². The molecule has 6 nitrogen and oxygen atoms in total. The Morgan fingerprint density at radius 2 is 1.89 bits per heavy atom. The summed E-state index contributed by atoms with van der Waals surface area (Å²) in [4.78, 5) is 38.0. The van der Waals surface area contributed by atoms with Crippen LogP contribution in [0.3, 0.4) is 0 Å². The van der Waals surface area contributed by atoms with E-state index in [9.17, 15) is 23.2 Å². The van der Waals surface area contributed by atoms with Gasteiger partial charge in [-0.05, 0) is 25.1 Å². The van der Waals surface area contributed by atoms with Crippen molar-refractivity contribution in [2.45, 2.75) is 12.5 Å². The number of hydrogen-bond acceptors (Lipinski definition) is 3. The highest BCUT2D eigenvalue weighted by atomic mass is 79.9. The van der Waals surface area contributed by atoms with Gasteiger partial charge in [0.1, 0.15) is 12.1 Å². The fraction of sp³-hybridized carbons (Fsp3) is 0.167. The Labute approximate surface area is 161 Å². The Morgan fingerprint density at radius 1 is 1.19 bits per heavy atom. The number of nitrogens with zero attached hydrogens (tertiary/aromatic N) is 1. The first-order chi connectivity index (χ1) is 12.7. The van der Waals surface area contributed by atoms with Crippen LogP contribution in [0.4, 0.5) is 19.3 Å². The summed E-state index contributed by atoms with van der Waals surface area (Å²) < 4.78 is 26.8. The Hall–Kier alpha value is -2.81. The van der Waals surface area contributed by atoms with Crippen LogP contribution in [0.2, 0.25) is 0 Å². The van der Waals surface area contributed by atoms with E-state index >= 15 is 0 Å². The summed E-state index contributed by atoms with van der Waals surface area (Å²) in [7, 11) is 0. The number of halogens is 3. The predicted octanol–water partition coefficient (Wildman–Crippen LogP) is 3.13. The summed E-state index contributed by atoms with van der Waals surface area (Å²) in [6.07, 6.45) is 0. The van der Waals surface area contributed by atoms with E-state index in [2.05, 4.69) is 26.6 Å². The van der Waals surface area contributed by atoms with Crippen LogP contribution < -0.4 is 10.6 Å². The highest BCUT2D eigenvalue weighted by Gasteiger charge is 2.50. The lowest BCUT2D eigenvalue weighted by molar-refractivity contribution is -0.133. The molecule has 3 rings (SSSR count). The standard InChI is InChI=1S/C18H14BrF2N3O3/c1-18(11-4-2-3-5-12(11)19)16(26)24(17(27)23-18)9-15(25)22-10-6-7-13(20)14(21)8-10/h2-8H,9H2,1H3,(H,22,25)(H,23,27)/t18-/m1/s1. The molecule has 1 saturated heterocycles. The second-order valence-electron chi connectivity index (χ2n) is 6.10. The van der Waals surface area contributed by atoms with Crippen LogP contribution in [0.5, 0.6) is 0 Å². The van der Waals surface area contributed by atoms with E-state index in [4.69, 9.17) is 0 Å². The molecule has 1 heterocycles. The van der Waals surface area contributed by atoms with Gasteiger partial charge in [-0.1, -0.05) is 34.1 Å². The molecule has 0 bridgehead atoms. The van der Waals surface area contributed by atoms with Crippen LogP contribution in [-0.4, -0.2) is 29.3 Å². The summed E-state index contributed by atoms with van der Waals surface area (Å²) in [5, 5.41) is 4.92. The molecule has 9 heteroatoms. The van der Waals surface area contributed by atoms with E-state index < -0.39 is 41.6 Å². The average Bonchev–Trinajstić information content (AvgIpc) is 2.82. The summed E-state index contributed by atoms with van der Waals surface area (Å²) in [5.74, 6) is -3.49. The molecule has 1 atom stereocenters. The van der Waals surface area contributed by atoms with E-state index in [0.29, 0.717) is 10.0 Å². The van der Waals surface area contributed by atoms with Crippen LogP contribution in [0, 0.1) is 11.6 Å². The number of hydrogen-bond donors (Lipinski definition) is 2. The molecule has 1 aliphatic rings. The molecule has 0 aromatic heterocycles. The van der Waals surface area contributed by atoms with Gasteiger partial charge in [-0.2, -0.15) is 0 Å². The van der Waals surface area contributed by atoms with Crippen molar-refractivity contribution in [3.05, 3.63) is 64.1 Å². The molecule has 0 unspecified atom stereocenters. The van der Waals surface area contributed by atoms with Gasteiger partial charge in [-0.15, -0.1) is 0 Å². The van der Waals surface area contributed by atoms with Gasteiger partial charge >= 0.3 is 6.03 Å². The molecule has 2 aromatic rings. The molecule has 27 heavy (non-hydrogen) atoms. The largest absolute Gasteiger partial charge is 0.325 e. The molecule has 0 spiro atoms. The van der Waals surface area contributed by atoms with Crippen LogP contribution in [-0.2, 0) is 15.1 Å². The Balaban J connectivity index is 1.76. The van der Waals surface area contributed by atoms with Crippen molar-refractivity contribution in [2.24, 2.45) is 0 Å². The third-order valence-corrected chi connectivity index (χ3v) is 4.88. The summed E-state index contributed by atoms with van der Waals surface area (Å²) >= 11 is 3.35. The van der Waals surface area contributed by atoms with Gasteiger partial charge in [0.25, 0.3) is 5.91 Å². The maximum Gasteiger partial charge on any atom is 0.325 e. The number of carbonyl (C=O) groups is 3. The highest BCUT2D eigenvalue weighted by molar-refractivity contribution is 9.10. The second kappa shape index (κ2) is 7.07. The maximum absolute atomic E-state index is 13.2. The van der Waals surface area contributed by atoms with Crippen molar-refractivity contribution >= 4 is 39.5 Å². The van der Waals surface area contributed by atoms with Gasteiger partial charge in [0.15, 0.2) is 11.6 Å². The first kappa shape index (κ1) is 19.0. The number of rotatable bonds is 4. The van der Waals surface area contributed by atoms with Crippen molar-refractivity contribution in [1.82, 2.24) is 10.2 Å². The molecule has 140 valence electrons. The Morgan fingerprint density at radius 3 is 2.56 bits per heavy atom. The Bertz CT molecular complexity index is 953. The fourth-order valence-corrected chi connectivity index (χ4v) is 3.49. The minimum absolute atomic E-state index is 0.0134. The van der Waals surface area contributed by atoms with E-state index in [1.807, 2.05) is 0 Å². The predicted molar refractivity (Wildman–Crippen MR) is 96.7 cm³/mol. The van der Waals surface area contributed by atoms with Crippen molar-refractivity contribution < 1.29 is 23.2 Å². The van der Waals surface area contributed by atoms with Gasteiger partial charge in [-0.25, -0.2) is 13.6 Å². The summed E-state index contributed by atoms with van der Waals surface area (Å²) in [6, 6.07) is 9.04. The number of anilines is 1. The molecular formula is C18H14BrF2N3O3. The highest BCUT2D eigenvalue weighted by Crippen LogP contribution is 2.33. The second-order valence-corrected chi connectivity index (χ2v) is 6.96. The number of urea groups is 1. The lowest BCUT2D eigenvalue weighted by Crippen LogP contribution is -2.42. The number of imide groups is 1. The molecule has 0 radical (unpaired) electrons. The smallest absolute Gasteiger partial charge is 0.324 e. The zero-order valence-electron chi connectivity index (χ0n) is 14.1. The zero-order valence-corrected chi connectivity index (χ0v) is 15.6. The average molecular weight is 438 g/mol. The number of nitrogens with one attached hydrogen (secondary N) is 2. The molecule has 0 aliphatic carbocycles. The van der Waals surface area contributed by atoms with Gasteiger partial charge < -0.3 is 10.6 Å². The van der Waals surface area contributed by atoms with E-state index in [0.717, 1.165) is 17.0 Å². The van der Waals surface area contributed by atoms with E-state index in [-0.39, 0.29) is 5.69 Å². The molecule has 4 amide bonds. The molecule has 1 fully saturated rings. The summed E-state index contributed by atoms with van der Waals surface area (Å²) in [6.45, 7) is 0.976. The first-order valence-electron chi connectivity index (χ1n) is 7.86. The normalized spacial score (nSPS) is 19.2. The maximum atomic E-state index is 13.2. The third kappa shape index (κ3) is 3.55. The SMILES string of the molecule is C[C@]1(c2ccccc2Br)NC(=O)N(CC(=O)Nc2ccc(F)c(F)c2)C1=O. The number of amides is 4. The molecule has 2 aromatic carbocycles. The first-order valence-corrected chi connectivity index (χ1v) is 8.65. The lowest BCUT2D eigenvalue weighted by atomic mass is 9.92. The van der Waals surface area contributed by atoms with Crippen LogP contribution >= 0.6 is 15.9 Å². The minimum Gasteiger partial charge on any atom is -0.324 e. The van der Waals surface area contributed by atoms with Crippen molar-refractivity contribution in [3.63, 3.8) is 0 Å². The molecule has 0 saturated carbocycles. The van der Waals surface area contributed by atoms with Gasteiger partial charge in [0.05, 0.1) is 0 Å². The van der Waals surface area contributed by atoms with E-state index in [1.54, 1.807) is 31.2 Å². The number of carbonyl (C=O) groups excluding carboxylic acids is 3. The quantitative estimate of drug-likeness (QED) is 0.721. The monoisotopic (exact) mass is 437 g/mol. The molecule has 2 N–H and O–H groups in total. The summed E-state index contributed by atoms with van der Waals surface area (Å²) in [5.41, 5.74) is -0.772. The topological polar surface area (TPSA) is 78.5 Å². The lowest BCUT2D eigenvalue weighted by Gasteiger charge is -2.23. The zero-order chi connectivity index (χ0) is 19.8. The Kier molecular flexibility index (Phi) is 4.97.